The topological polar surface area (TPSA) is 108 Å². The predicted molar refractivity (Wildman–Crippen MR) is 575 cm³/mol. The van der Waals surface area contributed by atoms with Crippen molar-refractivity contribution in [3.8, 4) is 62.1 Å². The van der Waals surface area contributed by atoms with Crippen molar-refractivity contribution < 1.29 is 31.5 Å². The molecular weight excluding hydrogens is 1910 g/mol. The zero-order chi connectivity index (χ0) is 92.1. The Balaban J connectivity index is 0.000000126. The van der Waals surface area contributed by atoms with Crippen molar-refractivity contribution in [2.24, 2.45) is 4.66 Å². The number of fused-ring (bicyclic) bond motifs is 11. The number of pyridine rings is 4. The van der Waals surface area contributed by atoms with Crippen molar-refractivity contribution >= 4 is 181 Å². The average molecular weight is 1990 g/mol. The summed E-state index contributed by atoms with van der Waals surface area (Å²) in [4.78, 5) is 22.4. The molecule has 12 nitrogen and oxygen atoms in total. The summed E-state index contributed by atoms with van der Waals surface area (Å²) in [5, 5.41) is 13.0. The maximum Gasteiger partial charge on any atom is 1.20 e. The first-order valence-corrected chi connectivity index (χ1v) is 47.4. The summed E-state index contributed by atoms with van der Waals surface area (Å²) < 4.78 is 26.8. The van der Waals surface area contributed by atoms with Gasteiger partial charge in [0.15, 0.2) is 0 Å². The normalized spacial score (nSPS) is 10.7. The first-order chi connectivity index (χ1) is 67.3. The summed E-state index contributed by atoms with van der Waals surface area (Å²) in [5.74, 6) is 1.82. The summed E-state index contributed by atoms with van der Waals surface area (Å²) in [6.45, 7) is 0. The second-order valence-electron chi connectivity index (χ2n) is 31.8. The fourth-order valence-electron chi connectivity index (χ4n) is 17.4. The van der Waals surface area contributed by atoms with Gasteiger partial charge in [0, 0.05) is 127 Å². The molecule has 0 N–H and O–H groups in total. The Morgan fingerprint density at radius 2 is 0.584 bits per heavy atom. The SMILES string of the molecule is [B]CP.[B]N=P.[Ir].[c-]1ccccc1-c1ccccn1.c1ccc(N(c2ccc(-c3ccc(N(c4ccccc4)c4cccc5ccccc45)cc3)cc2)c2cccc3ccccc23)cc1.c1ccc2c(c1)c1ccccc1n2-c1ccc(-c2ccc(-n3c4ccccc4c4ccccc43)cc2)cc1.c1cnc2c([O][Al]([O]c3cccc4cccnc34)[O]c3cccc4cccnc34)cccc2c1. The smallest absolute Gasteiger partial charge is 0.576 e. The first kappa shape index (κ1) is 91.8. The summed E-state index contributed by atoms with van der Waals surface area (Å²) in [6, 6.07) is 168. The molecule has 0 aliphatic carbocycles. The van der Waals surface area contributed by atoms with E-state index in [1.807, 2.05) is 133 Å². The fourth-order valence-corrected chi connectivity index (χ4v) is 18.7. The molecule has 24 rings (SSSR count). The van der Waals surface area contributed by atoms with Crippen molar-refractivity contribution in [2.45, 2.75) is 0 Å². The average Bonchev–Trinajstić information content (AvgIpc) is 1.57. The summed E-state index contributed by atoms with van der Waals surface area (Å²) in [7, 11) is 14.1. The van der Waals surface area contributed by atoms with Gasteiger partial charge in [-0.25, -0.2) is 0 Å². The molecule has 5 radical (unpaired) electrons. The van der Waals surface area contributed by atoms with E-state index in [0.29, 0.717) is 23.3 Å². The quantitative estimate of drug-likeness (QED) is 0.0500. The predicted octanol–water partition coefficient (Wildman–Crippen LogP) is 30.9. The Labute approximate surface area is 821 Å². The molecule has 0 saturated carbocycles. The van der Waals surface area contributed by atoms with Crippen LogP contribution in [0.1, 0.15) is 0 Å². The zero-order valence-corrected chi connectivity index (χ0v) is 80.1. The van der Waals surface area contributed by atoms with Crippen molar-refractivity contribution in [3.05, 3.63) is 504 Å². The number of nitrogens with zero attached hydrogens (tertiary/aromatic N) is 9. The second-order valence-corrected chi connectivity index (χ2v) is 33.8. The third-order valence-electron chi connectivity index (χ3n) is 23.5. The zero-order valence-electron chi connectivity index (χ0n) is 74.4. The molecule has 0 aliphatic heterocycles. The standard InChI is InChI=1S/C44H32N2.C36H24N2.C11H8N.3C9H7NO.CH4BP.Al.BHNP.Ir/c1-3-17-37(18-4-1)45(43-23-11-15-35-13-7-9-21-41(35)43)39-29-25-33(26-30-39)34-27-31-40(32-28-34)46(38-19-5-2-6-20-38)44-24-12-16-36-14-8-10-22-42(36)44;1-5-13-33-29(9-1)30-10-2-6-14-34(30)37(33)27-21-17-25(18-22-27)26-19-23-28(24-20-26)38-35-15-7-3-11-31(35)32-12-4-8-16-36(32)38;1-2-6-10(7-3-1)11-8-4-5-9-12-11;3*11-8-5-1-3-7-4-2-6-10-9(7)8;2-1-3;;1-2-3;/h1-32H;1-24H;1-6,8-9H;3*1-6,11H;1,3H2;;3H;/q;;-1;;;;;+3;;/p-3. The van der Waals surface area contributed by atoms with Gasteiger partial charge in [0.25, 0.3) is 7.98 Å². The minimum Gasteiger partial charge on any atom is -0.576 e. The van der Waals surface area contributed by atoms with Crippen LogP contribution in [0.15, 0.2) is 503 Å². The van der Waals surface area contributed by atoms with Crippen LogP contribution in [0.25, 0.3) is 143 Å². The molecule has 6 heterocycles. The Morgan fingerprint density at radius 1 is 0.299 bits per heavy atom. The molecule has 0 aliphatic rings. The number of hydrogen-bond acceptors (Lipinski definition) is 10. The molecule has 24 aromatic rings. The number of hydrogen-bond donors (Lipinski definition) is 0. The number of aromatic nitrogens is 6. The van der Waals surface area contributed by atoms with Gasteiger partial charge in [-0.05, 0) is 199 Å². The first-order valence-electron chi connectivity index (χ1n) is 44.8. The van der Waals surface area contributed by atoms with Crippen LogP contribution in [0.2, 0.25) is 0 Å². The van der Waals surface area contributed by atoms with Crippen LogP contribution in [0, 0.1) is 6.07 Å². The van der Waals surface area contributed by atoms with Crippen LogP contribution in [0.5, 0.6) is 17.2 Å². The minimum absolute atomic E-state index is 0. The molecule has 0 fully saturated rings. The largest absolute Gasteiger partial charge is 1.20 e. The van der Waals surface area contributed by atoms with E-state index in [-0.39, 0.29) is 20.1 Å². The molecule has 18 heteroatoms. The van der Waals surface area contributed by atoms with Crippen LogP contribution in [0.3, 0.4) is 0 Å². The Kier molecular flexibility index (Phi) is 29.8. The molecule has 1 atom stereocenters. The maximum absolute atomic E-state index is 6.41. The van der Waals surface area contributed by atoms with Crippen LogP contribution in [-0.2, 0) is 20.1 Å². The van der Waals surface area contributed by atoms with Gasteiger partial charge in [-0.15, -0.1) is 45.1 Å². The van der Waals surface area contributed by atoms with Crippen molar-refractivity contribution in [1.82, 2.24) is 29.1 Å². The Morgan fingerprint density at radius 3 is 0.934 bits per heavy atom. The molecule has 137 heavy (non-hydrogen) atoms. The number of benzene rings is 18. The summed E-state index contributed by atoms with van der Waals surface area (Å²) >= 11 is -2.86. The van der Waals surface area contributed by atoms with Crippen molar-refractivity contribution in [1.29, 1.82) is 0 Å². The van der Waals surface area contributed by atoms with Gasteiger partial charge in [0.05, 0.1) is 41.3 Å². The minimum atomic E-state index is -2.86. The van der Waals surface area contributed by atoms with Gasteiger partial charge in [0.1, 0.15) is 33.8 Å². The van der Waals surface area contributed by atoms with E-state index in [2.05, 4.69) is 416 Å². The molecule has 655 valence electrons. The van der Waals surface area contributed by atoms with Gasteiger partial charge >= 0.3 is 15.1 Å². The number of para-hydroxylation sites is 9. The molecule has 0 bridgehead atoms. The molecule has 0 amide bonds. The number of anilines is 6. The third kappa shape index (κ3) is 20.7. The summed E-state index contributed by atoms with van der Waals surface area (Å²) in [5.41, 5.74) is 23.2. The van der Waals surface area contributed by atoms with E-state index < -0.39 is 15.1 Å². The van der Waals surface area contributed by atoms with E-state index in [0.717, 1.165) is 78.1 Å². The van der Waals surface area contributed by atoms with E-state index in [1.165, 1.54) is 98.8 Å². The van der Waals surface area contributed by atoms with Gasteiger partial charge in [0.2, 0.25) is 0 Å². The summed E-state index contributed by atoms with van der Waals surface area (Å²) in [6.07, 6.45) is 7.03. The third-order valence-corrected chi connectivity index (χ3v) is 24.8. The van der Waals surface area contributed by atoms with E-state index in [1.54, 1.807) is 24.8 Å². The van der Waals surface area contributed by atoms with Gasteiger partial charge in [-0.3, -0.25) is 15.0 Å². The van der Waals surface area contributed by atoms with Crippen LogP contribution in [-0.4, -0.2) is 66.1 Å². The molecule has 0 saturated heterocycles. The molecule has 6 aromatic heterocycles. The monoisotopic (exact) mass is 1990 g/mol. The van der Waals surface area contributed by atoms with E-state index in [4.69, 9.17) is 19.2 Å². The molecule has 0 spiro atoms. The van der Waals surface area contributed by atoms with Crippen LogP contribution < -0.4 is 21.2 Å². The van der Waals surface area contributed by atoms with E-state index >= 15 is 0 Å². The Bertz CT molecular complexity index is 7530. The van der Waals surface area contributed by atoms with Gasteiger partial charge < -0.3 is 39.9 Å². The van der Waals surface area contributed by atoms with Crippen LogP contribution in [0.4, 0.5) is 34.1 Å². The van der Waals surface area contributed by atoms with Crippen molar-refractivity contribution in [3.63, 3.8) is 0 Å². The van der Waals surface area contributed by atoms with Gasteiger partial charge in [-0.2, -0.15) is 0 Å². The number of rotatable bonds is 17. The molecule has 1 unspecified atom stereocenters. The second kappa shape index (κ2) is 44.4. The fraction of sp³-hybridized carbons (Fsp3) is 0.00840. The molecule has 18 aromatic carbocycles. The maximum atomic E-state index is 6.41. The van der Waals surface area contributed by atoms with E-state index in [9.17, 15) is 0 Å². The van der Waals surface area contributed by atoms with Gasteiger partial charge in [-0.1, -0.05) is 303 Å². The molecular formula is C119H87AlB2IrN9O3P2-. The van der Waals surface area contributed by atoms with Crippen LogP contribution >= 0.6 is 18.3 Å². The van der Waals surface area contributed by atoms with Crippen molar-refractivity contribution in [2.75, 3.05) is 15.9 Å². The Hall–Kier alpha value is -15.7.